The van der Waals surface area contributed by atoms with Gasteiger partial charge in [0.25, 0.3) is 5.91 Å². The fourth-order valence-corrected chi connectivity index (χ4v) is 1.99. The zero-order valence-electron chi connectivity index (χ0n) is 9.67. The van der Waals surface area contributed by atoms with Gasteiger partial charge in [0, 0.05) is 19.3 Å². The van der Waals surface area contributed by atoms with Crippen LogP contribution in [0.4, 0.5) is 5.82 Å². The van der Waals surface area contributed by atoms with E-state index in [-0.39, 0.29) is 29.5 Å². The van der Waals surface area contributed by atoms with E-state index in [0.717, 1.165) is 0 Å². The van der Waals surface area contributed by atoms with E-state index in [1.807, 2.05) is 0 Å². The van der Waals surface area contributed by atoms with Crippen LogP contribution in [-0.4, -0.2) is 53.3 Å². The molecule has 1 saturated heterocycles. The Morgan fingerprint density at radius 3 is 3.22 bits per heavy atom. The average Bonchev–Trinajstić information content (AvgIpc) is 2.41. The first-order chi connectivity index (χ1) is 8.61. The van der Waals surface area contributed by atoms with E-state index in [0.29, 0.717) is 25.3 Å². The second kappa shape index (κ2) is 5.51. The maximum atomic E-state index is 12.3. The molecule has 1 aromatic rings. The SMILES string of the molecule is Nc1cc(C(=O)N2CCOC(CO)C2)c(Cl)cn1. The molecular formula is C11H14ClN3O3. The molecule has 0 spiro atoms. The van der Waals surface area contributed by atoms with E-state index < -0.39 is 0 Å². The lowest BCUT2D eigenvalue weighted by atomic mass is 10.2. The summed E-state index contributed by atoms with van der Waals surface area (Å²) in [6, 6.07) is 1.45. The van der Waals surface area contributed by atoms with Gasteiger partial charge in [-0.05, 0) is 6.07 Å². The number of nitrogens with two attached hydrogens (primary N) is 1. The minimum absolute atomic E-state index is 0.115. The molecule has 0 saturated carbocycles. The molecule has 1 atom stereocenters. The number of hydrogen-bond acceptors (Lipinski definition) is 5. The molecule has 6 nitrogen and oxygen atoms in total. The van der Waals surface area contributed by atoms with Crippen molar-refractivity contribution in [2.45, 2.75) is 6.10 Å². The number of hydrogen-bond donors (Lipinski definition) is 2. The quantitative estimate of drug-likeness (QED) is 0.799. The maximum absolute atomic E-state index is 12.3. The van der Waals surface area contributed by atoms with Gasteiger partial charge >= 0.3 is 0 Å². The third-order valence-corrected chi connectivity index (χ3v) is 3.04. The molecule has 0 aliphatic carbocycles. The van der Waals surface area contributed by atoms with Crippen molar-refractivity contribution in [3.8, 4) is 0 Å². The summed E-state index contributed by atoms with van der Waals surface area (Å²) in [5.74, 6) is 0.0190. The first kappa shape index (κ1) is 13.1. The molecule has 0 bridgehead atoms. The van der Waals surface area contributed by atoms with Crippen molar-refractivity contribution in [3.05, 3.63) is 22.8 Å². The molecule has 1 fully saturated rings. The zero-order valence-corrected chi connectivity index (χ0v) is 10.4. The van der Waals surface area contributed by atoms with Gasteiger partial charge in [-0.25, -0.2) is 4.98 Å². The van der Waals surface area contributed by atoms with Gasteiger partial charge in [0.1, 0.15) is 5.82 Å². The summed E-state index contributed by atoms with van der Waals surface area (Å²) in [7, 11) is 0. The van der Waals surface area contributed by atoms with Crippen LogP contribution >= 0.6 is 11.6 Å². The van der Waals surface area contributed by atoms with Crippen LogP contribution < -0.4 is 5.73 Å². The molecule has 2 heterocycles. The molecule has 2 rings (SSSR count). The summed E-state index contributed by atoms with van der Waals surface area (Å²) < 4.78 is 5.28. The highest BCUT2D eigenvalue weighted by Crippen LogP contribution is 2.19. The Morgan fingerprint density at radius 2 is 2.50 bits per heavy atom. The van der Waals surface area contributed by atoms with Crippen LogP contribution in [0.5, 0.6) is 0 Å². The Hall–Kier alpha value is -1.37. The molecule has 1 amide bonds. The molecule has 3 N–H and O–H groups in total. The summed E-state index contributed by atoms with van der Waals surface area (Å²) in [6.45, 7) is 1.09. The predicted molar refractivity (Wildman–Crippen MR) is 66.4 cm³/mol. The number of nitrogen functional groups attached to an aromatic ring is 1. The van der Waals surface area contributed by atoms with Crippen LogP contribution in [0.15, 0.2) is 12.3 Å². The van der Waals surface area contributed by atoms with E-state index in [4.69, 9.17) is 27.2 Å². The van der Waals surface area contributed by atoms with Crippen molar-refractivity contribution < 1.29 is 14.6 Å². The number of aromatic nitrogens is 1. The van der Waals surface area contributed by atoms with Crippen molar-refractivity contribution in [2.75, 3.05) is 32.0 Å². The molecular weight excluding hydrogens is 258 g/mol. The van der Waals surface area contributed by atoms with E-state index in [1.165, 1.54) is 12.3 Å². The molecule has 1 aliphatic heterocycles. The summed E-state index contributed by atoms with van der Waals surface area (Å²) in [4.78, 5) is 17.7. The fourth-order valence-electron chi connectivity index (χ4n) is 1.80. The number of pyridine rings is 1. The van der Waals surface area contributed by atoms with E-state index in [1.54, 1.807) is 4.90 Å². The molecule has 18 heavy (non-hydrogen) atoms. The Labute approximate surface area is 109 Å². The van der Waals surface area contributed by atoms with Gasteiger partial charge in [-0.15, -0.1) is 0 Å². The number of ether oxygens (including phenoxy) is 1. The zero-order chi connectivity index (χ0) is 13.1. The smallest absolute Gasteiger partial charge is 0.255 e. The third kappa shape index (κ3) is 2.72. The van der Waals surface area contributed by atoms with Crippen molar-refractivity contribution in [2.24, 2.45) is 0 Å². The monoisotopic (exact) mass is 271 g/mol. The number of aliphatic hydroxyl groups excluding tert-OH is 1. The number of aliphatic hydroxyl groups is 1. The minimum Gasteiger partial charge on any atom is -0.394 e. The Balaban J connectivity index is 2.17. The van der Waals surface area contributed by atoms with E-state index in [2.05, 4.69) is 4.98 Å². The van der Waals surface area contributed by atoms with Crippen molar-refractivity contribution in [1.82, 2.24) is 9.88 Å². The molecule has 1 aromatic heterocycles. The number of morpholine rings is 1. The van der Waals surface area contributed by atoms with Crippen molar-refractivity contribution >= 4 is 23.3 Å². The van der Waals surface area contributed by atoms with E-state index >= 15 is 0 Å². The number of carbonyl (C=O) groups is 1. The van der Waals surface area contributed by atoms with Crippen LogP contribution in [0.3, 0.4) is 0 Å². The Bertz CT molecular complexity index is 455. The first-order valence-corrected chi connectivity index (χ1v) is 5.92. The van der Waals surface area contributed by atoms with Gasteiger partial charge < -0.3 is 20.5 Å². The number of amides is 1. The first-order valence-electron chi connectivity index (χ1n) is 5.54. The van der Waals surface area contributed by atoms with Gasteiger partial charge in [-0.3, -0.25) is 4.79 Å². The van der Waals surface area contributed by atoms with Crippen molar-refractivity contribution in [1.29, 1.82) is 0 Å². The standard InChI is InChI=1S/C11H14ClN3O3/c12-9-4-14-10(13)3-8(9)11(17)15-1-2-18-7(5-15)6-16/h3-4,7,16H,1-2,5-6H2,(H2,13,14). The third-order valence-electron chi connectivity index (χ3n) is 2.74. The maximum Gasteiger partial charge on any atom is 0.255 e. The minimum atomic E-state index is -0.347. The second-order valence-electron chi connectivity index (χ2n) is 4.02. The molecule has 0 aromatic carbocycles. The number of nitrogens with zero attached hydrogens (tertiary/aromatic N) is 2. The molecule has 7 heteroatoms. The summed E-state index contributed by atoms with van der Waals surface area (Å²) in [6.07, 6.45) is 1.01. The summed E-state index contributed by atoms with van der Waals surface area (Å²) in [5.41, 5.74) is 5.87. The molecule has 0 radical (unpaired) electrons. The average molecular weight is 272 g/mol. The second-order valence-corrected chi connectivity index (χ2v) is 4.42. The molecule has 1 unspecified atom stereocenters. The van der Waals surface area contributed by atoms with Gasteiger partial charge in [0.15, 0.2) is 0 Å². The van der Waals surface area contributed by atoms with Gasteiger partial charge in [0.2, 0.25) is 0 Å². The van der Waals surface area contributed by atoms with E-state index in [9.17, 15) is 4.79 Å². The van der Waals surface area contributed by atoms with Crippen LogP contribution in [0.2, 0.25) is 5.02 Å². The van der Waals surface area contributed by atoms with Crippen LogP contribution in [-0.2, 0) is 4.74 Å². The summed E-state index contributed by atoms with van der Waals surface area (Å²) >= 11 is 5.93. The Morgan fingerprint density at radius 1 is 1.72 bits per heavy atom. The lowest BCUT2D eigenvalue weighted by molar-refractivity contribution is -0.0447. The lowest BCUT2D eigenvalue weighted by Gasteiger charge is -2.32. The highest BCUT2D eigenvalue weighted by molar-refractivity contribution is 6.33. The highest BCUT2D eigenvalue weighted by Gasteiger charge is 2.26. The lowest BCUT2D eigenvalue weighted by Crippen LogP contribution is -2.47. The van der Waals surface area contributed by atoms with Gasteiger partial charge in [-0.1, -0.05) is 11.6 Å². The molecule has 1 aliphatic rings. The van der Waals surface area contributed by atoms with Gasteiger partial charge in [0.05, 0.1) is 29.9 Å². The number of anilines is 1. The van der Waals surface area contributed by atoms with Crippen LogP contribution in [0.25, 0.3) is 0 Å². The highest BCUT2D eigenvalue weighted by atomic mass is 35.5. The number of halogens is 1. The number of rotatable bonds is 2. The largest absolute Gasteiger partial charge is 0.394 e. The van der Waals surface area contributed by atoms with Crippen LogP contribution in [0, 0.1) is 0 Å². The summed E-state index contributed by atoms with van der Waals surface area (Å²) in [5, 5.41) is 9.31. The Kier molecular flexibility index (Phi) is 4.00. The fraction of sp³-hybridized carbons (Fsp3) is 0.455. The van der Waals surface area contributed by atoms with Gasteiger partial charge in [-0.2, -0.15) is 0 Å². The normalized spacial score (nSPS) is 19.9. The predicted octanol–water partition coefficient (Wildman–Crippen LogP) is 0.150. The number of carbonyl (C=O) groups excluding carboxylic acids is 1. The molecule has 98 valence electrons. The topological polar surface area (TPSA) is 88.7 Å². The van der Waals surface area contributed by atoms with Crippen molar-refractivity contribution in [3.63, 3.8) is 0 Å². The van der Waals surface area contributed by atoms with Crippen LogP contribution in [0.1, 0.15) is 10.4 Å².